The Balaban J connectivity index is 2.96. The molecule has 0 aliphatic carbocycles. The number of nitro benzene ring substituents is 1. The number of carboxylic acids is 1. The van der Waals surface area contributed by atoms with Crippen LogP contribution in [-0.2, 0) is 0 Å². The fourth-order valence-corrected chi connectivity index (χ4v) is 1.34. The van der Waals surface area contributed by atoms with E-state index in [0.717, 1.165) is 6.07 Å². The lowest BCUT2D eigenvalue weighted by atomic mass is 10.1. The second-order valence-electron chi connectivity index (χ2n) is 3.52. The van der Waals surface area contributed by atoms with Gasteiger partial charge in [-0.3, -0.25) is 10.1 Å². The molecule has 0 fully saturated rings. The molecule has 0 saturated carbocycles. The lowest BCUT2D eigenvalue weighted by Gasteiger charge is -2.10. The maximum Gasteiger partial charge on any atom is 0.336 e. The molecule has 0 heterocycles. The highest BCUT2D eigenvalue weighted by Crippen LogP contribution is 2.21. The molecule has 0 aliphatic heterocycles. The summed E-state index contributed by atoms with van der Waals surface area (Å²) in [5.74, 6) is -1.26. The lowest BCUT2D eigenvalue weighted by molar-refractivity contribution is -0.384. The van der Waals surface area contributed by atoms with Crippen molar-refractivity contribution in [1.82, 2.24) is 0 Å². The summed E-state index contributed by atoms with van der Waals surface area (Å²) < 4.78 is 0. The van der Waals surface area contributed by atoms with Crippen molar-refractivity contribution in [3.05, 3.63) is 33.9 Å². The van der Waals surface area contributed by atoms with E-state index in [1.807, 2.05) is 0 Å². The number of alkyl halides is 1. The number of non-ortho nitro benzene ring substituents is 1. The van der Waals surface area contributed by atoms with Crippen molar-refractivity contribution in [2.45, 2.75) is 6.10 Å². The van der Waals surface area contributed by atoms with Gasteiger partial charge in [-0.05, 0) is 6.07 Å². The van der Waals surface area contributed by atoms with Crippen LogP contribution in [0.5, 0.6) is 0 Å². The van der Waals surface area contributed by atoms with Gasteiger partial charge in [0.05, 0.1) is 22.5 Å². The summed E-state index contributed by atoms with van der Waals surface area (Å²) >= 11 is 5.39. The monoisotopic (exact) mass is 274 g/mol. The average molecular weight is 275 g/mol. The van der Waals surface area contributed by atoms with Crippen LogP contribution in [0.2, 0.25) is 0 Å². The van der Waals surface area contributed by atoms with Gasteiger partial charge in [-0.2, -0.15) is 0 Å². The lowest BCUT2D eigenvalue weighted by Crippen LogP contribution is -2.20. The molecule has 0 spiro atoms. The molecule has 0 aromatic heterocycles. The Kier molecular flexibility index (Phi) is 4.87. The van der Waals surface area contributed by atoms with Crippen LogP contribution in [0.4, 0.5) is 11.4 Å². The van der Waals surface area contributed by atoms with Crippen LogP contribution in [-0.4, -0.2) is 39.6 Å². The van der Waals surface area contributed by atoms with Crippen LogP contribution in [0.25, 0.3) is 0 Å². The van der Waals surface area contributed by atoms with Crippen LogP contribution in [0, 0.1) is 10.1 Å². The molecular formula is C10H11ClN2O5. The number of carbonyl (C=O) groups is 1. The Morgan fingerprint density at radius 1 is 1.50 bits per heavy atom. The highest BCUT2D eigenvalue weighted by molar-refractivity contribution is 6.18. The Morgan fingerprint density at radius 3 is 2.67 bits per heavy atom. The second-order valence-corrected chi connectivity index (χ2v) is 3.83. The molecule has 7 nitrogen and oxygen atoms in total. The molecule has 1 unspecified atom stereocenters. The molecule has 1 aromatic rings. The first-order valence-corrected chi connectivity index (χ1v) is 5.48. The quantitative estimate of drug-likeness (QED) is 0.409. The molecule has 18 heavy (non-hydrogen) atoms. The van der Waals surface area contributed by atoms with Gasteiger partial charge in [0.15, 0.2) is 0 Å². The van der Waals surface area contributed by atoms with Crippen molar-refractivity contribution in [2.75, 3.05) is 17.7 Å². The zero-order chi connectivity index (χ0) is 13.7. The highest BCUT2D eigenvalue weighted by Gasteiger charge is 2.14. The van der Waals surface area contributed by atoms with E-state index < -0.39 is 17.0 Å². The number of rotatable bonds is 6. The maximum atomic E-state index is 10.8. The fourth-order valence-electron chi connectivity index (χ4n) is 1.23. The van der Waals surface area contributed by atoms with Crippen LogP contribution in [0.1, 0.15) is 10.4 Å². The van der Waals surface area contributed by atoms with Crippen molar-refractivity contribution >= 4 is 28.9 Å². The van der Waals surface area contributed by atoms with Gasteiger partial charge in [-0.15, -0.1) is 11.6 Å². The molecular weight excluding hydrogens is 264 g/mol. The van der Waals surface area contributed by atoms with E-state index in [0.29, 0.717) is 0 Å². The summed E-state index contributed by atoms with van der Waals surface area (Å²) in [6, 6.07) is 3.40. The highest BCUT2D eigenvalue weighted by atomic mass is 35.5. The molecule has 0 aliphatic rings. The normalized spacial score (nSPS) is 11.9. The van der Waals surface area contributed by atoms with E-state index >= 15 is 0 Å². The van der Waals surface area contributed by atoms with E-state index in [1.165, 1.54) is 12.1 Å². The van der Waals surface area contributed by atoms with Crippen molar-refractivity contribution in [3.8, 4) is 0 Å². The van der Waals surface area contributed by atoms with Gasteiger partial charge in [0.25, 0.3) is 5.69 Å². The number of hydrogen-bond donors (Lipinski definition) is 3. The number of nitrogens with one attached hydrogen (secondary N) is 1. The third-order valence-corrected chi connectivity index (χ3v) is 2.45. The molecule has 98 valence electrons. The number of hydrogen-bond acceptors (Lipinski definition) is 5. The van der Waals surface area contributed by atoms with Gasteiger partial charge in [0.1, 0.15) is 0 Å². The smallest absolute Gasteiger partial charge is 0.336 e. The average Bonchev–Trinajstić information content (AvgIpc) is 2.35. The van der Waals surface area contributed by atoms with E-state index in [9.17, 15) is 20.0 Å². The Hall–Kier alpha value is -1.86. The van der Waals surface area contributed by atoms with Crippen molar-refractivity contribution in [1.29, 1.82) is 0 Å². The first-order valence-electron chi connectivity index (χ1n) is 4.94. The molecule has 8 heteroatoms. The summed E-state index contributed by atoms with van der Waals surface area (Å²) in [5.41, 5.74) is -0.296. The van der Waals surface area contributed by atoms with E-state index in [1.54, 1.807) is 0 Å². The molecule has 1 rings (SSSR count). The van der Waals surface area contributed by atoms with Crippen molar-refractivity contribution in [3.63, 3.8) is 0 Å². The first kappa shape index (κ1) is 14.2. The van der Waals surface area contributed by atoms with Crippen LogP contribution < -0.4 is 5.32 Å². The topological polar surface area (TPSA) is 113 Å². The summed E-state index contributed by atoms with van der Waals surface area (Å²) in [6.45, 7) is 0.0731. The number of benzene rings is 1. The predicted molar refractivity (Wildman–Crippen MR) is 65.3 cm³/mol. The van der Waals surface area contributed by atoms with Gasteiger partial charge >= 0.3 is 5.97 Å². The third-order valence-electron chi connectivity index (χ3n) is 2.10. The standard InChI is InChI=1S/C10H11ClN2O5/c11-4-9(14)5-12-7-1-6(10(15)16)2-8(3-7)13(17)18/h1-3,9,12,14H,4-5H2,(H,15,16). The molecule has 1 aromatic carbocycles. The summed E-state index contributed by atoms with van der Waals surface area (Å²) in [7, 11) is 0. The Labute approximate surface area is 107 Å². The van der Waals surface area contributed by atoms with E-state index in [-0.39, 0.29) is 29.4 Å². The number of nitro groups is 1. The number of carboxylic acid groups (broad SMARTS) is 1. The zero-order valence-electron chi connectivity index (χ0n) is 9.17. The van der Waals surface area contributed by atoms with Crippen LogP contribution >= 0.6 is 11.6 Å². The molecule has 0 radical (unpaired) electrons. The number of aromatic carboxylic acids is 1. The minimum atomic E-state index is -1.26. The van der Waals surface area contributed by atoms with Gasteiger partial charge in [-0.1, -0.05) is 0 Å². The zero-order valence-corrected chi connectivity index (χ0v) is 9.92. The van der Waals surface area contributed by atoms with Gasteiger partial charge < -0.3 is 15.5 Å². The molecule has 0 saturated heterocycles. The second kappa shape index (κ2) is 6.18. The number of aliphatic hydroxyl groups is 1. The molecule has 0 bridgehead atoms. The number of nitrogens with zero attached hydrogens (tertiary/aromatic N) is 1. The number of anilines is 1. The van der Waals surface area contributed by atoms with Gasteiger partial charge in [0, 0.05) is 24.4 Å². The first-order chi connectivity index (χ1) is 8.43. The predicted octanol–water partition coefficient (Wildman–Crippen LogP) is 1.30. The summed E-state index contributed by atoms with van der Waals surface area (Å²) in [5, 5.41) is 31.4. The van der Waals surface area contributed by atoms with Crippen LogP contribution in [0.3, 0.4) is 0 Å². The van der Waals surface area contributed by atoms with Crippen molar-refractivity contribution < 1.29 is 19.9 Å². The van der Waals surface area contributed by atoms with Gasteiger partial charge in [-0.25, -0.2) is 4.79 Å². The van der Waals surface area contributed by atoms with E-state index in [2.05, 4.69) is 5.32 Å². The Bertz CT molecular complexity index is 433. The molecule has 3 N–H and O–H groups in total. The third kappa shape index (κ3) is 3.86. The number of aliphatic hydroxyl groups excluding tert-OH is 1. The van der Waals surface area contributed by atoms with Gasteiger partial charge in [0.2, 0.25) is 0 Å². The maximum absolute atomic E-state index is 10.8. The van der Waals surface area contributed by atoms with Crippen LogP contribution in [0.15, 0.2) is 18.2 Å². The van der Waals surface area contributed by atoms with E-state index in [4.69, 9.17) is 16.7 Å². The number of halogens is 1. The SMILES string of the molecule is O=C(O)c1cc(NCC(O)CCl)cc([N+](=O)[O-])c1. The van der Waals surface area contributed by atoms with Crippen molar-refractivity contribution in [2.24, 2.45) is 0 Å². The summed E-state index contributed by atoms with van der Waals surface area (Å²) in [6.07, 6.45) is -0.820. The Morgan fingerprint density at radius 2 is 2.17 bits per heavy atom. The fraction of sp³-hybridized carbons (Fsp3) is 0.300. The minimum Gasteiger partial charge on any atom is -0.478 e. The molecule has 1 atom stereocenters. The minimum absolute atomic E-state index is 0.00765. The largest absolute Gasteiger partial charge is 0.478 e. The summed E-state index contributed by atoms with van der Waals surface area (Å²) in [4.78, 5) is 20.8. The molecule has 0 amide bonds.